The molecule has 0 aliphatic carbocycles. The van der Waals surface area contributed by atoms with E-state index in [1.54, 1.807) is 0 Å². The van der Waals surface area contributed by atoms with Crippen LogP contribution in [0, 0.1) is 5.92 Å². The van der Waals surface area contributed by atoms with Gasteiger partial charge in [0.15, 0.2) is 0 Å². The Kier molecular flexibility index (Phi) is 1.27. The second-order valence-corrected chi connectivity index (χ2v) is 3.72. The summed E-state index contributed by atoms with van der Waals surface area (Å²) in [5, 5.41) is 8.82. The lowest BCUT2D eigenvalue weighted by Gasteiger charge is -2.24. The molecule has 2 heterocycles. The molecule has 0 aromatic heterocycles. The average Bonchev–Trinajstić information content (AvgIpc) is 2.41. The molecular weight excluding hydrogens is 144 g/mol. The van der Waals surface area contributed by atoms with E-state index in [4.69, 9.17) is 9.84 Å². The molecule has 2 fully saturated rings. The van der Waals surface area contributed by atoms with Crippen molar-refractivity contribution in [2.45, 2.75) is 37.9 Å². The van der Waals surface area contributed by atoms with Crippen molar-refractivity contribution in [1.82, 2.24) is 0 Å². The normalized spacial score (nSPS) is 48.1. The minimum atomic E-state index is -0.699. The van der Waals surface area contributed by atoms with Crippen LogP contribution in [0.15, 0.2) is 0 Å². The van der Waals surface area contributed by atoms with Crippen LogP contribution in [0.3, 0.4) is 0 Å². The van der Waals surface area contributed by atoms with Gasteiger partial charge in [0.25, 0.3) is 0 Å². The summed E-state index contributed by atoms with van der Waals surface area (Å²) in [5.74, 6) is -0.962. The van der Waals surface area contributed by atoms with E-state index in [1.807, 2.05) is 6.92 Å². The zero-order valence-electron chi connectivity index (χ0n) is 6.54. The van der Waals surface area contributed by atoms with Gasteiger partial charge in [-0.3, -0.25) is 4.79 Å². The Hall–Kier alpha value is -0.570. The minimum Gasteiger partial charge on any atom is -0.481 e. The Morgan fingerprint density at radius 3 is 2.73 bits per heavy atom. The first-order valence-electron chi connectivity index (χ1n) is 4.02. The Morgan fingerprint density at radius 2 is 2.45 bits per heavy atom. The molecule has 3 heteroatoms. The quantitative estimate of drug-likeness (QED) is 0.616. The Bertz CT molecular complexity index is 202. The summed E-state index contributed by atoms with van der Waals surface area (Å²) in [6.07, 6.45) is 2.89. The average molecular weight is 156 g/mol. The van der Waals surface area contributed by atoms with Gasteiger partial charge in [-0.05, 0) is 26.2 Å². The number of fused-ring (bicyclic) bond motifs is 2. The van der Waals surface area contributed by atoms with E-state index in [-0.39, 0.29) is 17.6 Å². The molecule has 0 spiro atoms. The summed E-state index contributed by atoms with van der Waals surface area (Å²) >= 11 is 0. The van der Waals surface area contributed by atoms with Crippen LogP contribution in [0.1, 0.15) is 26.2 Å². The van der Waals surface area contributed by atoms with Crippen LogP contribution >= 0.6 is 0 Å². The van der Waals surface area contributed by atoms with Crippen LogP contribution in [0.25, 0.3) is 0 Å². The molecule has 0 unspecified atom stereocenters. The third kappa shape index (κ3) is 0.872. The molecule has 2 bridgehead atoms. The first-order chi connectivity index (χ1) is 5.12. The van der Waals surface area contributed by atoms with E-state index in [2.05, 4.69) is 0 Å². The first kappa shape index (κ1) is 7.10. The van der Waals surface area contributed by atoms with Gasteiger partial charge < -0.3 is 9.84 Å². The highest BCUT2D eigenvalue weighted by molar-refractivity contribution is 5.72. The summed E-state index contributed by atoms with van der Waals surface area (Å²) in [6.45, 7) is 1.92. The van der Waals surface area contributed by atoms with Crippen molar-refractivity contribution < 1.29 is 14.6 Å². The van der Waals surface area contributed by atoms with E-state index in [0.717, 1.165) is 12.8 Å². The first-order valence-corrected chi connectivity index (χ1v) is 4.02. The third-order valence-electron chi connectivity index (χ3n) is 2.93. The van der Waals surface area contributed by atoms with Crippen molar-refractivity contribution in [3.05, 3.63) is 0 Å². The molecule has 2 saturated heterocycles. The number of hydrogen-bond donors (Lipinski definition) is 1. The molecule has 1 N–H and O–H groups in total. The highest BCUT2D eigenvalue weighted by Crippen LogP contribution is 2.47. The van der Waals surface area contributed by atoms with E-state index >= 15 is 0 Å². The molecular formula is C8H12O3. The van der Waals surface area contributed by atoms with E-state index < -0.39 is 5.97 Å². The van der Waals surface area contributed by atoms with Gasteiger partial charge >= 0.3 is 5.97 Å². The fourth-order valence-corrected chi connectivity index (χ4v) is 2.24. The third-order valence-corrected chi connectivity index (χ3v) is 2.93. The molecule has 11 heavy (non-hydrogen) atoms. The zero-order chi connectivity index (χ0) is 8.06. The molecule has 3 atom stereocenters. The van der Waals surface area contributed by atoms with Crippen LogP contribution in [0.2, 0.25) is 0 Å². The van der Waals surface area contributed by atoms with Gasteiger partial charge in [0.2, 0.25) is 0 Å². The number of carboxylic acids is 1. The topological polar surface area (TPSA) is 46.5 Å². The molecule has 62 valence electrons. The highest BCUT2D eigenvalue weighted by Gasteiger charge is 2.53. The lowest BCUT2D eigenvalue weighted by Crippen LogP contribution is -2.35. The van der Waals surface area contributed by atoms with Crippen LogP contribution in [-0.4, -0.2) is 22.8 Å². The lowest BCUT2D eigenvalue weighted by molar-refractivity contribution is -0.146. The number of aliphatic carboxylic acids is 1. The summed E-state index contributed by atoms with van der Waals surface area (Å²) in [5.41, 5.74) is -0.351. The second-order valence-electron chi connectivity index (χ2n) is 3.72. The maximum atomic E-state index is 10.7. The lowest BCUT2D eigenvalue weighted by atomic mass is 9.80. The second kappa shape index (κ2) is 1.97. The maximum Gasteiger partial charge on any atom is 0.309 e. The highest BCUT2D eigenvalue weighted by atomic mass is 16.5. The van der Waals surface area contributed by atoms with Crippen molar-refractivity contribution in [2.24, 2.45) is 5.92 Å². The molecule has 2 aliphatic rings. The fourth-order valence-electron chi connectivity index (χ4n) is 2.24. The van der Waals surface area contributed by atoms with Gasteiger partial charge in [-0.1, -0.05) is 0 Å². The van der Waals surface area contributed by atoms with Crippen molar-refractivity contribution in [2.75, 3.05) is 0 Å². The number of hydrogen-bond acceptors (Lipinski definition) is 2. The molecule has 2 aliphatic heterocycles. The van der Waals surface area contributed by atoms with Gasteiger partial charge in [0.1, 0.15) is 0 Å². The van der Waals surface area contributed by atoms with Crippen LogP contribution in [0.4, 0.5) is 0 Å². The van der Waals surface area contributed by atoms with Gasteiger partial charge in [0, 0.05) is 0 Å². The largest absolute Gasteiger partial charge is 0.481 e. The SMILES string of the molecule is C[C@]12CC[C@H](C[C@H]1C(=O)O)O2. The number of ether oxygens (including phenoxy) is 1. The Labute approximate surface area is 65.4 Å². The zero-order valence-corrected chi connectivity index (χ0v) is 6.54. The maximum absolute atomic E-state index is 10.7. The summed E-state index contributed by atoms with van der Waals surface area (Å²) in [7, 11) is 0. The summed E-state index contributed by atoms with van der Waals surface area (Å²) in [4.78, 5) is 10.7. The molecule has 0 radical (unpaired) electrons. The van der Waals surface area contributed by atoms with E-state index in [1.165, 1.54) is 0 Å². The van der Waals surface area contributed by atoms with Crippen LogP contribution < -0.4 is 0 Å². The van der Waals surface area contributed by atoms with Crippen LogP contribution in [0.5, 0.6) is 0 Å². The molecule has 0 amide bonds. The van der Waals surface area contributed by atoms with Gasteiger partial charge in [-0.15, -0.1) is 0 Å². The molecule has 0 aromatic carbocycles. The minimum absolute atomic E-state index is 0.223. The van der Waals surface area contributed by atoms with Crippen molar-refractivity contribution >= 4 is 5.97 Å². The summed E-state index contributed by atoms with van der Waals surface area (Å²) in [6, 6.07) is 0. The van der Waals surface area contributed by atoms with E-state index in [9.17, 15) is 4.79 Å². The van der Waals surface area contributed by atoms with Gasteiger partial charge in [-0.2, -0.15) is 0 Å². The summed E-state index contributed by atoms with van der Waals surface area (Å²) < 4.78 is 5.55. The molecule has 2 rings (SSSR count). The van der Waals surface area contributed by atoms with Crippen molar-refractivity contribution in [3.8, 4) is 0 Å². The Morgan fingerprint density at radius 1 is 1.73 bits per heavy atom. The van der Waals surface area contributed by atoms with Crippen molar-refractivity contribution in [1.29, 1.82) is 0 Å². The van der Waals surface area contributed by atoms with Crippen LogP contribution in [-0.2, 0) is 9.53 Å². The number of rotatable bonds is 1. The molecule has 0 aromatic rings. The predicted octanol–water partition coefficient (Wildman–Crippen LogP) is 1.03. The standard InChI is InChI=1S/C8H12O3/c1-8-3-2-5(11-8)4-6(8)7(9)10/h5-6H,2-4H2,1H3,(H,9,10)/t5-,6+,8+/m1/s1. The Balaban J connectivity index is 2.21. The monoisotopic (exact) mass is 156 g/mol. The number of carbonyl (C=O) groups is 1. The van der Waals surface area contributed by atoms with E-state index in [0.29, 0.717) is 6.42 Å². The number of carboxylic acid groups (broad SMARTS) is 1. The fraction of sp³-hybridized carbons (Fsp3) is 0.875. The molecule has 3 nitrogen and oxygen atoms in total. The van der Waals surface area contributed by atoms with Crippen molar-refractivity contribution in [3.63, 3.8) is 0 Å². The van der Waals surface area contributed by atoms with Gasteiger partial charge in [0.05, 0.1) is 17.6 Å². The molecule has 0 saturated carbocycles. The predicted molar refractivity (Wildman–Crippen MR) is 38.3 cm³/mol. The van der Waals surface area contributed by atoms with Gasteiger partial charge in [-0.25, -0.2) is 0 Å². The smallest absolute Gasteiger partial charge is 0.309 e.